The van der Waals surface area contributed by atoms with Gasteiger partial charge in [0.15, 0.2) is 0 Å². The zero-order valence-electron chi connectivity index (χ0n) is 9.87. The van der Waals surface area contributed by atoms with Gasteiger partial charge >= 0.3 is 6.09 Å². The molecule has 0 bridgehead atoms. The summed E-state index contributed by atoms with van der Waals surface area (Å²) in [4.78, 5) is 22.6. The first-order valence-electron chi connectivity index (χ1n) is 5.47. The molecule has 1 heterocycles. The largest absolute Gasteiger partial charge is 0.447 e. The van der Waals surface area contributed by atoms with Gasteiger partial charge in [-0.15, -0.1) is 0 Å². The minimum absolute atomic E-state index is 0.0445. The molecule has 1 saturated heterocycles. The number of rotatable bonds is 3. The predicted molar refractivity (Wildman–Crippen MR) is 65.1 cm³/mol. The molecule has 1 aromatic rings. The fourth-order valence-corrected chi connectivity index (χ4v) is 1.49. The first-order chi connectivity index (χ1) is 8.66. The maximum absolute atomic E-state index is 11.8. The molecule has 6 nitrogen and oxygen atoms in total. The van der Waals surface area contributed by atoms with Crippen molar-refractivity contribution in [3.63, 3.8) is 0 Å². The van der Waals surface area contributed by atoms with E-state index in [0.717, 1.165) is 5.56 Å². The van der Waals surface area contributed by atoms with Gasteiger partial charge < -0.3 is 10.1 Å². The summed E-state index contributed by atoms with van der Waals surface area (Å²) in [6.07, 6.45) is 1.00. The van der Waals surface area contributed by atoms with Crippen LogP contribution in [0.25, 0.3) is 0 Å². The second-order valence-electron chi connectivity index (χ2n) is 3.81. The van der Waals surface area contributed by atoms with E-state index in [-0.39, 0.29) is 12.5 Å². The Morgan fingerprint density at radius 3 is 2.83 bits per heavy atom. The third kappa shape index (κ3) is 2.85. The summed E-state index contributed by atoms with van der Waals surface area (Å²) in [5.41, 5.74) is 0.892. The van der Waals surface area contributed by atoms with Crippen LogP contribution in [0.15, 0.2) is 35.4 Å². The highest BCUT2D eigenvalue weighted by atomic mass is 16.6. The molecule has 1 atom stereocenters. The Morgan fingerprint density at radius 2 is 2.22 bits per heavy atom. The molecule has 1 fully saturated rings. The van der Waals surface area contributed by atoms with Crippen molar-refractivity contribution in [3.05, 3.63) is 35.9 Å². The highest BCUT2D eigenvalue weighted by Gasteiger charge is 2.30. The van der Waals surface area contributed by atoms with Crippen molar-refractivity contribution in [1.29, 1.82) is 0 Å². The van der Waals surface area contributed by atoms with Crippen molar-refractivity contribution in [3.8, 4) is 0 Å². The highest BCUT2D eigenvalue weighted by Crippen LogP contribution is 2.02. The summed E-state index contributed by atoms with van der Waals surface area (Å²) in [6, 6.07) is 8.76. The van der Waals surface area contributed by atoms with Crippen LogP contribution in [0, 0.1) is 0 Å². The number of carbonyl (C=O) groups is 2. The summed E-state index contributed by atoms with van der Waals surface area (Å²) in [6.45, 7) is 0.0445. The van der Waals surface area contributed by atoms with Gasteiger partial charge in [0.25, 0.3) is 5.91 Å². The van der Waals surface area contributed by atoms with Crippen molar-refractivity contribution in [2.45, 2.75) is 6.04 Å². The van der Waals surface area contributed by atoms with Gasteiger partial charge in [-0.05, 0) is 5.56 Å². The van der Waals surface area contributed by atoms with Crippen molar-refractivity contribution in [2.24, 2.45) is 5.10 Å². The Hall–Kier alpha value is -2.37. The molecule has 0 aromatic heterocycles. The van der Waals surface area contributed by atoms with E-state index in [2.05, 4.69) is 15.2 Å². The van der Waals surface area contributed by atoms with E-state index in [9.17, 15) is 9.59 Å². The van der Waals surface area contributed by atoms with Gasteiger partial charge in [0.05, 0.1) is 6.21 Å². The Bertz CT molecular complexity index is 473. The minimum atomic E-state index is -0.657. The fraction of sp³-hybridized carbons (Fsp3) is 0.250. The molecule has 0 unspecified atom stereocenters. The van der Waals surface area contributed by atoms with E-state index < -0.39 is 12.1 Å². The molecule has 1 aliphatic rings. The average Bonchev–Trinajstić information content (AvgIpc) is 2.83. The highest BCUT2D eigenvalue weighted by molar-refractivity contribution is 5.88. The number of amides is 2. The molecule has 2 rings (SSSR count). The first-order valence-corrected chi connectivity index (χ1v) is 5.47. The van der Waals surface area contributed by atoms with Crippen molar-refractivity contribution in [2.75, 3.05) is 13.7 Å². The van der Waals surface area contributed by atoms with Gasteiger partial charge in [-0.25, -0.2) is 9.80 Å². The summed E-state index contributed by atoms with van der Waals surface area (Å²) >= 11 is 0. The number of benzene rings is 1. The minimum Gasteiger partial charge on any atom is -0.447 e. The quantitative estimate of drug-likeness (QED) is 0.627. The number of hydrogen-bond acceptors (Lipinski definition) is 4. The smallest absolute Gasteiger partial charge is 0.407 e. The SMILES string of the molecule is CN(/N=C/c1ccccc1)C(=O)[C@@H]1COC(=O)N1. The normalized spacial score (nSPS) is 18.5. The Balaban J connectivity index is 1.95. The maximum atomic E-state index is 11.8. The van der Waals surface area contributed by atoms with Crippen LogP contribution >= 0.6 is 0 Å². The Kier molecular flexibility index (Phi) is 3.57. The molecule has 0 saturated carbocycles. The number of likely N-dealkylation sites (N-methyl/N-ethyl adjacent to an activating group) is 1. The van der Waals surface area contributed by atoms with E-state index in [1.165, 1.54) is 12.1 Å². The number of nitrogens with zero attached hydrogens (tertiary/aromatic N) is 2. The standard InChI is InChI=1S/C12H13N3O3/c1-15(11(16)10-8-18-12(17)14-10)13-7-9-5-3-2-4-6-9/h2-7,10H,8H2,1H3,(H,14,17)/b13-7+/t10-/m0/s1. The zero-order chi connectivity index (χ0) is 13.0. The van der Waals surface area contributed by atoms with Gasteiger partial charge in [-0.1, -0.05) is 30.3 Å². The van der Waals surface area contributed by atoms with Crippen LogP contribution in [0.4, 0.5) is 4.79 Å². The molecule has 1 aliphatic heterocycles. The van der Waals surface area contributed by atoms with E-state index in [0.29, 0.717) is 0 Å². The van der Waals surface area contributed by atoms with E-state index in [1.54, 1.807) is 6.21 Å². The zero-order valence-corrected chi connectivity index (χ0v) is 9.87. The molecule has 1 N–H and O–H groups in total. The number of hydrogen-bond donors (Lipinski definition) is 1. The number of ether oxygens (including phenoxy) is 1. The van der Waals surface area contributed by atoms with Crippen molar-refractivity contribution < 1.29 is 14.3 Å². The fourth-order valence-electron chi connectivity index (χ4n) is 1.49. The Morgan fingerprint density at radius 1 is 1.50 bits per heavy atom. The number of nitrogens with one attached hydrogen (secondary N) is 1. The number of carbonyl (C=O) groups excluding carboxylic acids is 2. The molecule has 6 heteroatoms. The third-order valence-electron chi connectivity index (χ3n) is 2.47. The van der Waals surface area contributed by atoms with E-state index in [1.807, 2.05) is 30.3 Å². The van der Waals surface area contributed by atoms with E-state index >= 15 is 0 Å². The lowest BCUT2D eigenvalue weighted by atomic mass is 10.2. The van der Waals surface area contributed by atoms with Crippen LogP contribution in [0.3, 0.4) is 0 Å². The van der Waals surface area contributed by atoms with Gasteiger partial charge in [0.1, 0.15) is 12.6 Å². The maximum Gasteiger partial charge on any atom is 0.407 e. The second-order valence-corrected chi connectivity index (χ2v) is 3.81. The lowest BCUT2D eigenvalue weighted by Gasteiger charge is -2.13. The number of hydrazone groups is 1. The second kappa shape index (κ2) is 5.31. The van der Waals surface area contributed by atoms with Crippen molar-refractivity contribution in [1.82, 2.24) is 10.3 Å². The number of cyclic esters (lactones) is 1. The molecule has 0 aliphatic carbocycles. The molecular weight excluding hydrogens is 234 g/mol. The summed E-state index contributed by atoms with van der Waals surface area (Å²) in [5.74, 6) is -0.312. The molecule has 2 amide bonds. The third-order valence-corrected chi connectivity index (χ3v) is 2.47. The molecule has 0 radical (unpaired) electrons. The van der Waals surface area contributed by atoms with Crippen LogP contribution in [0.1, 0.15) is 5.56 Å². The summed E-state index contributed by atoms with van der Waals surface area (Å²) in [7, 11) is 1.53. The van der Waals surface area contributed by atoms with Gasteiger partial charge in [-0.2, -0.15) is 5.10 Å². The van der Waals surface area contributed by atoms with Gasteiger partial charge in [0, 0.05) is 7.05 Å². The molecule has 18 heavy (non-hydrogen) atoms. The lowest BCUT2D eigenvalue weighted by molar-refractivity contribution is -0.131. The topological polar surface area (TPSA) is 71.0 Å². The van der Waals surface area contributed by atoms with Crippen LogP contribution in [0.2, 0.25) is 0 Å². The van der Waals surface area contributed by atoms with E-state index in [4.69, 9.17) is 0 Å². The first kappa shape index (κ1) is 12.1. The molecule has 1 aromatic carbocycles. The lowest BCUT2D eigenvalue weighted by Crippen LogP contribution is -2.41. The average molecular weight is 247 g/mol. The van der Waals surface area contributed by atoms with Crippen LogP contribution in [-0.2, 0) is 9.53 Å². The molecular formula is C12H13N3O3. The van der Waals surface area contributed by atoms with Crippen molar-refractivity contribution >= 4 is 18.2 Å². The number of alkyl carbamates (subject to hydrolysis) is 1. The Labute approximate surface area is 104 Å². The predicted octanol–water partition coefficient (Wildman–Crippen LogP) is 0.587. The molecule has 0 spiro atoms. The van der Waals surface area contributed by atoms with Gasteiger partial charge in [0.2, 0.25) is 0 Å². The van der Waals surface area contributed by atoms with Gasteiger partial charge in [-0.3, -0.25) is 4.79 Å². The van der Waals surface area contributed by atoms with Crippen LogP contribution < -0.4 is 5.32 Å². The molecule has 94 valence electrons. The van der Waals surface area contributed by atoms with Crippen LogP contribution in [0.5, 0.6) is 0 Å². The monoisotopic (exact) mass is 247 g/mol. The summed E-state index contributed by atoms with van der Waals surface area (Å²) < 4.78 is 4.65. The summed E-state index contributed by atoms with van der Waals surface area (Å²) in [5, 5.41) is 7.61. The van der Waals surface area contributed by atoms with Crippen LogP contribution in [-0.4, -0.2) is 42.9 Å².